The van der Waals surface area contributed by atoms with Gasteiger partial charge in [-0.2, -0.15) is 0 Å². The van der Waals surface area contributed by atoms with Gasteiger partial charge in [0.05, 0.1) is 5.92 Å². The lowest BCUT2D eigenvalue weighted by Gasteiger charge is -2.23. The van der Waals surface area contributed by atoms with E-state index in [1.807, 2.05) is 0 Å². The van der Waals surface area contributed by atoms with Crippen molar-refractivity contribution in [3.05, 3.63) is 0 Å². The second-order valence-corrected chi connectivity index (χ2v) is 5.56. The Bertz CT molecular complexity index is 263. The summed E-state index contributed by atoms with van der Waals surface area (Å²) in [5.41, 5.74) is 0. The number of amides is 1. The molecule has 3 unspecified atom stereocenters. The fraction of sp³-hybridized carbons (Fsp3) is 0.923. The molecule has 2 fully saturated rings. The number of hydrogen-bond donors (Lipinski definition) is 2. The molecule has 2 aliphatic rings. The first-order valence-corrected chi connectivity index (χ1v) is 6.93. The van der Waals surface area contributed by atoms with Crippen molar-refractivity contribution in [2.45, 2.75) is 45.2 Å². The van der Waals surface area contributed by atoms with Crippen molar-refractivity contribution < 1.29 is 4.79 Å². The van der Waals surface area contributed by atoms with Gasteiger partial charge in [-0.05, 0) is 52.7 Å². The molecule has 0 radical (unpaired) electrons. The van der Waals surface area contributed by atoms with Gasteiger partial charge in [0.25, 0.3) is 0 Å². The van der Waals surface area contributed by atoms with Gasteiger partial charge >= 0.3 is 0 Å². The molecule has 17 heavy (non-hydrogen) atoms. The van der Waals surface area contributed by atoms with Crippen LogP contribution in [0.15, 0.2) is 0 Å². The molecule has 0 spiro atoms. The van der Waals surface area contributed by atoms with Crippen LogP contribution in [-0.2, 0) is 4.79 Å². The molecule has 2 saturated heterocycles. The van der Waals surface area contributed by atoms with Gasteiger partial charge < -0.3 is 15.5 Å². The molecule has 4 nitrogen and oxygen atoms in total. The topological polar surface area (TPSA) is 44.4 Å². The van der Waals surface area contributed by atoms with Gasteiger partial charge in [0.15, 0.2) is 0 Å². The highest BCUT2D eigenvalue weighted by Gasteiger charge is 2.30. The normalized spacial score (nSPS) is 31.6. The molecule has 0 aromatic carbocycles. The summed E-state index contributed by atoms with van der Waals surface area (Å²) < 4.78 is 0. The number of nitrogens with one attached hydrogen (secondary N) is 2. The SMILES string of the molecule is CC(CN1CCCC1)NC(=O)C1CCNC1C. The lowest BCUT2D eigenvalue weighted by atomic mass is 10.0. The minimum Gasteiger partial charge on any atom is -0.352 e. The molecule has 2 rings (SSSR count). The van der Waals surface area contributed by atoms with Crippen LogP contribution in [0.2, 0.25) is 0 Å². The maximum atomic E-state index is 12.1. The van der Waals surface area contributed by atoms with E-state index in [1.165, 1.54) is 25.9 Å². The molecule has 0 aromatic rings. The van der Waals surface area contributed by atoms with Crippen LogP contribution >= 0.6 is 0 Å². The summed E-state index contributed by atoms with van der Waals surface area (Å²) in [6, 6.07) is 0.599. The van der Waals surface area contributed by atoms with Crippen molar-refractivity contribution >= 4 is 5.91 Å². The molecular formula is C13H25N3O. The van der Waals surface area contributed by atoms with Crippen LogP contribution in [0.5, 0.6) is 0 Å². The predicted molar refractivity (Wildman–Crippen MR) is 68.9 cm³/mol. The lowest BCUT2D eigenvalue weighted by molar-refractivity contribution is -0.125. The third-order valence-electron chi connectivity index (χ3n) is 3.98. The third-order valence-corrected chi connectivity index (χ3v) is 3.98. The Morgan fingerprint density at radius 3 is 2.76 bits per heavy atom. The summed E-state index contributed by atoms with van der Waals surface area (Å²) in [6.45, 7) is 8.58. The molecule has 2 heterocycles. The number of carbonyl (C=O) groups excluding carboxylic acids is 1. The zero-order valence-electron chi connectivity index (χ0n) is 11.0. The van der Waals surface area contributed by atoms with E-state index < -0.39 is 0 Å². The summed E-state index contributed by atoms with van der Waals surface area (Å²) in [5, 5.41) is 6.48. The van der Waals surface area contributed by atoms with Crippen LogP contribution in [0.4, 0.5) is 0 Å². The van der Waals surface area contributed by atoms with Gasteiger partial charge in [-0.25, -0.2) is 0 Å². The minimum atomic E-state index is 0.163. The highest BCUT2D eigenvalue weighted by atomic mass is 16.2. The van der Waals surface area contributed by atoms with E-state index in [-0.39, 0.29) is 17.9 Å². The summed E-state index contributed by atoms with van der Waals surface area (Å²) >= 11 is 0. The van der Waals surface area contributed by atoms with Crippen molar-refractivity contribution in [1.29, 1.82) is 0 Å². The zero-order chi connectivity index (χ0) is 12.3. The molecule has 0 aliphatic carbocycles. The predicted octanol–water partition coefficient (Wildman–Crippen LogP) is 0.585. The van der Waals surface area contributed by atoms with E-state index in [0.717, 1.165) is 19.5 Å². The van der Waals surface area contributed by atoms with Gasteiger partial charge in [0.2, 0.25) is 5.91 Å². The van der Waals surface area contributed by atoms with Crippen molar-refractivity contribution in [2.24, 2.45) is 5.92 Å². The quantitative estimate of drug-likeness (QED) is 0.754. The van der Waals surface area contributed by atoms with E-state index in [9.17, 15) is 4.79 Å². The lowest BCUT2D eigenvalue weighted by Crippen LogP contribution is -2.45. The summed E-state index contributed by atoms with van der Waals surface area (Å²) in [7, 11) is 0. The number of hydrogen-bond acceptors (Lipinski definition) is 3. The zero-order valence-corrected chi connectivity index (χ0v) is 11.0. The average Bonchev–Trinajstić information content (AvgIpc) is 2.88. The Labute approximate surface area is 104 Å². The van der Waals surface area contributed by atoms with Gasteiger partial charge in [-0.1, -0.05) is 0 Å². The van der Waals surface area contributed by atoms with E-state index >= 15 is 0 Å². The first-order chi connectivity index (χ1) is 8.16. The Morgan fingerprint density at radius 1 is 1.47 bits per heavy atom. The average molecular weight is 239 g/mol. The Morgan fingerprint density at radius 2 is 2.18 bits per heavy atom. The van der Waals surface area contributed by atoms with Crippen LogP contribution < -0.4 is 10.6 Å². The van der Waals surface area contributed by atoms with E-state index in [2.05, 4.69) is 29.4 Å². The first-order valence-electron chi connectivity index (χ1n) is 6.93. The largest absolute Gasteiger partial charge is 0.352 e. The van der Waals surface area contributed by atoms with Crippen molar-refractivity contribution in [3.8, 4) is 0 Å². The maximum Gasteiger partial charge on any atom is 0.224 e. The molecule has 0 aromatic heterocycles. The first kappa shape index (κ1) is 12.8. The highest BCUT2D eigenvalue weighted by Crippen LogP contribution is 2.15. The molecule has 3 atom stereocenters. The Balaban J connectivity index is 1.73. The van der Waals surface area contributed by atoms with Crippen LogP contribution in [-0.4, -0.2) is 49.1 Å². The summed E-state index contributed by atoms with van der Waals surface area (Å²) in [4.78, 5) is 14.5. The number of nitrogens with zero attached hydrogens (tertiary/aromatic N) is 1. The standard InChI is InChI=1S/C13H25N3O/c1-10(9-16-7-3-4-8-16)15-13(17)12-5-6-14-11(12)2/h10-12,14H,3-9H2,1-2H3,(H,15,17). The fourth-order valence-corrected chi connectivity index (χ4v) is 2.96. The van der Waals surface area contributed by atoms with Crippen LogP contribution in [0.1, 0.15) is 33.1 Å². The Kier molecular flexibility index (Phi) is 4.40. The second-order valence-electron chi connectivity index (χ2n) is 5.56. The molecule has 98 valence electrons. The van der Waals surface area contributed by atoms with Crippen LogP contribution in [0.3, 0.4) is 0 Å². The van der Waals surface area contributed by atoms with E-state index in [4.69, 9.17) is 0 Å². The molecule has 4 heteroatoms. The monoisotopic (exact) mass is 239 g/mol. The van der Waals surface area contributed by atoms with Crippen LogP contribution in [0.25, 0.3) is 0 Å². The minimum absolute atomic E-state index is 0.163. The smallest absolute Gasteiger partial charge is 0.224 e. The molecule has 1 amide bonds. The van der Waals surface area contributed by atoms with Crippen molar-refractivity contribution in [1.82, 2.24) is 15.5 Å². The molecule has 2 N–H and O–H groups in total. The highest BCUT2D eigenvalue weighted by molar-refractivity contribution is 5.80. The number of likely N-dealkylation sites (tertiary alicyclic amines) is 1. The fourth-order valence-electron chi connectivity index (χ4n) is 2.96. The Hall–Kier alpha value is -0.610. The second kappa shape index (κ2) is 5.83. The summed E-state index contributed by atoms with van der Waals surface area (Å²) in [6.07, 6.45) is 3.60. The van der Waals surface area contributed by atoms with Crippen LogP contribution in [0, 0.1) is 5.92 Å². The molecule has 0 saturated carbocycles. The van der Waals surface area contributed by atoms with Gasteiger partial charge in [-0.15, -0.1) is 0 Å². The van der Waals surface area contributed by atoms with E-state index in [1.54, 1.807) is 0 Å². The van der Waals surface area contributed by atoms with Crippen molar-refractivity contribution in [2.75, 3.05) is 26.2 Å². The number of rotatable bonds is 4. The number of carbonyl (C=O) groups is 1. The van der Waals surface area contributed by atoms with Gasteiger partial charge in [-0.3, -0.25) is 4.79 Å². The maximum absolute atomic E-state index is 12.1. The van der Waals surface area contributed by atoms with Crippen molar-refractivity contribution in [3.63, 3.8) is 0 Å². The summed E-state index contributed by atoms with van der Waals surface area (Å²) in [5.74, 6) is 0.394. The van der Waals surface area contributed by atoms with E-state index in [0.29, 0.717) is 6.04 Å². The molecular weight excluding hydrogens is 214 g/mol. The molecule has 2 aliphatic heterocycles. The van der Waals surface area contributed by atoms with Gasteiger partial charge in [0.1, 0.15) is 0 Å². The third kappa shape index (κ3) is 3.42. The van der Waals surface area contributed by atoms with Gasteiger partial charge in [0, 0.05) is 18.6 Å². The molecule has 0 bridgehead atoms.